The number of hydrogen-bond donors (Lipinski definition) is 1. The lowest BCUT2D eigenvalue weighted by atomic mass is 10.0. The average Bonchev–Trinajstić information content (AvgIpc) is 2.27. The molecule has 0 radical (unpaired) electrons. The maximum atomic E-state index is 5.62. The lowest BCUT2D eigenvalue weighted by Crippen LogP contribution is -2.40. The van der Waals surface area contributed by atoms with Crippen molar-refractivity contribution >= 4 is 21.7 Å². The molecule has 2 rings (SSSR count). The molecule has 0 aliphatic carbocycles. The molecule has 0 bridgehead atoms. The highest BCUT2D eigenvalue weighted by Gasteiger charge is 2.19. The van der Waals surface area contributed by atoms with E-state index >= 15 is 0 Å². The maximum absolute atomic E-state index is 5.62. The van der Waals surface area contributed by atoms with Gasteiger partial charge in [0.25, 0.3) is 0 Å². The predicted molar refractivity (Wildman–Crippen MR) is 69.9 cm³/mol. The molecule has 0 saturated carbocycles. The highest BCUT2D eigenvalue weighted by molar-refractivity contribution is 9.10. The van der Waals surface area contributed by atoms with Gasteiger partial charge in [0, 0.05) is 12.1 Å². The molecule has 1 aliphatic heterocycles. The van der Waals surface area contributed by atoms with E-state index in [1.807, 2.05) is 0 Å². The van der Waals surface area contributed by atoms with E-state index in [1.54, 1.807) is 6.07 Å². The Hall–Kier alpha value is -0.880. The molecular weight excluding hydrogens is 284 g/mol. The van der Waals surface area contributed by atoms with Gasteiger partial charge < -0.3 is 15.4 Å². The van der Waals surface area contributed by atoms with E-state index in [-0.39, 0.29) is 0 Å². The zero-order chi connectivity index (χ0) is 12.3. The Bertz CT molecular complexity index is 367. The number of hydrogen-bond acceptors (Lipinski definition) is 5. The summed E-state index contributed by atoms with van der Waals surface area (Å²) in [5, 5.41) is 0. The van der Waals surface area contributed by atoms with Gasteiger partial charge in [0.15, 0.2) is 0 Å². The monoisotopic (exact) mass is 300 g/mol. The minimum atomic E-state index is 0.343. The molecule has 1 aliphatic rings. The van der Waals surface area contributed by atoms with Crippen molar-refractivity contribution in [1.82, 2.24) is 14.9 Å². The van der Waals surface area contributed by atoms with Gasteiger partial charge >= 0.3 is 6.01 Å². The van der Waals surface area contributed by atoms with Gasteiger partial charge in [0.2, 0.25) is 0 Å². The molecule has 5 nitrogen and oxygen atoms in total. The van der Waals surface area contributed by atoms with Crippen LogP contribution in [0.25, 0.3) is 0 Å². The van der Waals surface area contributed by atoms with Gasteiger partial charge in [-0.3, -0.25) is 0 Å². The zero-order valence-electron chi connectivity index (χ0n) is 9.90. The summed E-state index contributed by atoms with van der Waals surface area (Å²) in [6, 6.07) is 2.45. The summed E-state index contributed by atoms with van der Waals surface area (Å²) >= 11 is 3.27. The van der Waals surface area contributed by atoms with Gasteiger partial charge in [-0.15, -0.1) is 0 Å². The number of likely N-dealkylation sites (tertiary alicyclic amines) is 1. The summed E-state index contributed by atoms with van der Waals surface area (Å²) in [7, 11) is 2.13. The number of ether oxygens (including phenoxy) is 1. The summed E-state index contributed by atoms with van der Waals surface area (Å²) in [5.74, 6) is 0.416. The second-order valence-electron chi connectivity index (χ2n) is 4.34. The molecule has 1 fully saturated rings. The second kappa shape index (κ2) is 5.64. The summed E-state index contributed by atoms with van der Waals surface area (Å²) in [5.41, 5.74) is 5.62. The fourth-order valence-corrected chi connectivity index (χ4v) is 2.39. The van der Waals surface area contributed by atoms with Crippen molar-refractivity contribution in [1.29, 1.82) is 0 Å². The van der Waals surface area contributed by atoms with Gasteiger partial charge in [-0.1, -0.05) is 6.42 Å². The van der Waals surface area contributed by atoms with Crippen LogP contribution in [0.15, 0.2) is 10.7 Å². The van der Waals surface area contributed by atoms with Gasteiger partial charge in [-0.05, 0) is 42.4 Å². The lowest BCUT2D eigenvalue weighted by Gasteiger charge is -2.31. The predicted octanol–water partition coefficient (Wildman–Crippen LogP) is 1.68. The number of nitrogens with two attached hydrogens (primary N) is 1. The van der Waals surface area contributed by atoms with Crippen LogP contribution in [0.1, 0.15) is 19.3 Å². The number of nitrogens with zero attached hydrogens (tertiary/aromatic N) is 3. The largest absolute Gasteiger partial charge is 0.462 e. The van der Waals surface area contributed by atoms with Gasteiger partial charge in [-0.25, -0.2) is 0 Å². The summed E-state index contributed by atoms with van der Waals surface area (Å²) < 4.78 is 6.25. The van der Waals surface area contributed by atoms with Gasteiger partial charge in [-0.2, -0.15) is 9.97 Å². The highest BCUT2D eigenvalue weighted by atomic mass is 79.9. The van der Waals surface area contributed by atoms with Gasteiger partial charge in [0.1, 0.15) is 17.0 Å². The molecule has 0 aromatic carbocycles. The summed E-state index contributed by atoms with van der Waals surface area (Å²) in [4.78, 5) is 10.5. The first-order chi connectivity index (χ1) is 8.15. The van der Waals surface area contributed by atoms with Crippen LogP contribution < -0.4 is 10.5 Å². The Morgan fingerprint density at radius 2 is 2.35 bits per heavy atom. The van der Waals surface area contributed by atoms with E-state index in [4.69, 9.17) is 10.5 Å². The van der Waals surface area contributed by atoms with Crippen molar-refractivity contribution in [2.75, 3.05) is 25.9 Å². The Balaban J connectivity index is 1.92. The molecule has 0 spiro atoms. The minimum absolute atomic E-state index is 0.343. The van der Waals surface area contributed by atoms with Gasteiger partial charge in [0.05, 0.1) is 0 Å². The first-order valence-corrected chi connectivity index (χ1v) is 6.57. The fourth-order valence-electron chi connectivity index (χ4n) is 2.00. The van der Waals surface area contributed by atoms with Crippen LogP contribution in [0.3, 0.4) is 0 Å². The number of piperidine rings is 1. The zero-order valence-corrected chi connectivity index (χ0v) is 11.5. The van der Waals surface area contributed by atoms with Crippen LogP contribution in [0.5, 0.6) is 6.01 Å². The van der Waals surface area contributed by atoms with Crippen LogP contribution in [0.2, 0.25) is 0 Å². The van der Waals surface area contributed by atoms with E-state index < -0.39 is 0 Å². The Kier molecular flexibility index (Phi) is 4.17. The number of nitrogen functional groups attached to an aromatic ring is 1. The average molecular weight is 301 g/mol. The third kappa shape index (κ3) is 3.54. The van der Waals surface area contributed by atoms with Crippen LogP contribution in [0, 0.1) is 0 Å². The third-order valence-electron chi connectivity index (χ3n) is 3.02. The number of aromatic nitrogens is 2. The van der Waals surface area contributed by atoms with E-state index in [2.05, 4.69) is 37.8 Å². The van der Waals surface area contributed by atoms with E-state index in [0.717, 1.165) is 6.54 Å². The van der Waals surface area contributed by atoms with Crippen LogP contribution >= 0.6 is 15.9 Å². The van der Waals surface area contributed by atoms with Crippen molar-refractivity contribution in [3.05, 3.63) is 10.7 Å². The summed E-state index contributed by atoms with van der Waals surface area (Å²) in [6.45, 7) is 1.75. The van der Waals surface area contributed by atoms with E-state index in [1.165, 1.54) is 19.3 Å². The quantitative estimate of drug-likeness (QED) is 0.861. The second-order valence-corrected chi connectivity index (χ2v) is 5.15. The molecule has 1 aromatic heterocycles. The Morgan fingerprint density at radius 1 is 1.53 bits per heavy atom. The van der Waals surface area contributed by atoms with Crippen LogP contribution in [0.4, 0.5) is 5.82 Å². The smallest absolute Gasteiger partial charge is 0.319 e. The SMILES string of the molecule is CN1CCCCC1COc1nc(N)cc(Br)n1. The number of rotatable bonds is 3. The fraction of sp³-hybridized carbons (Fsp3) is 0.636. The topological polar surface area (TPSA) is 64.3 Å². The Labute approximate surface area is 110 Å². The van der Waals surface area contributed by atoms with Crippen LogP contribution in [-0.2, 0) is 0 Å². The molecule has 1 aromatic rings. The molecular formula is C11H17BrN4O. The standard InChI is InChI=1S/C11H17BrN4O/c1-16-5-3-2-4-8(16)7-17-11-14-9(12)6-10(13)15-11/h6,8H,2-5,7H2,1H3,(H2,13,14,15). The first-order valence-electron chi connectivity index (χ1n) is 5.78. The summed E-state index contributed by atoms with van der Waals surface area (Å²) in [6.07, 6.45) is 3.70. The molecule has 2 heterocycles. The lowest BCUT2D eigenvalue weighted by molar-refractivity contribution is 0.120. The van der Waals surface area contributed by atoms with Crippen molar-refractivity contribution in [2.24, 2.45) is 0 Å². The molecule has 2 N–H and O–H groups in total. The first kappa shape index (κ1) is 12.6. The molecule has 0 amide bonds. The van der Waals surface area contributed by atoms with E-state index in [0.29, 0.717) is 29.1 Å². The molecule has 1 unspecified atom stereocenters. The Morgan fingerprint density at radius 3 is 3.06 bits per heavy atom. The third-order valence-corrected chi connectivity index (χ3v) is 3.43. The number of halogens is 1. The molecule has 1 atom stereocenters. The molecule has 94 valence electrons. The maximum Gasteiger partial charge on any atom is 0.319 e. The van der Waals surface area contributed by atoms with Crippen molar-refractivity contribution in [2.45, 2.75) is 25.3 Å². The minimum Gasteiger partial charge on any atom is -0.462 e. The normalized spacial score (nSPS) is 21.4. The molecule has 1 saturated heterocycles. The number of likely N-dealkylation sites (N-methyl/N-ethyl adjacent to an activating group) is 1. The van der Waals surface area contributed by atoms with Crippen molar-refractivity contribution < 1.29 is 4.74 Å². The molecule has 6 heteroatoms. The van der Waals surface area contributed by atoms with Crippen molar-refractivity contribution in [3.63, 3.8) is 0 Å². The molecule has 17 heavy (non-hydrogen) atoms. The van der Waals surface area contributed by atoms with Crippen molar-refractivity contribution in [3.8, 4) is 6.01 Å². The number of anilines is 1. The van der Waals surface area contributed by atoms with E-state index in [9.17, 15) is 0 Å². The van der Waals surface area contributed by atoms with Crippen LogP contribution in [-0.4, -0.2) is 41.1 Å². The highest BCUT2D eigenvalue weighted by Crippen LogP contribution is 2.17.